The molecule has 1 unspecified atom stereocenters. The first-order valence-corrected chi connectivity index (χ1v) is 6.56. The minimum atomic E-state index is -4.77. The molecule has 5 nitrogen and oxygen atoms in total. The van der Waals surface area contributed by atoms with E-state index in [1.807, 2.05) is 0 Å². The van der Waals surface area contributed by atoms with Crippen LogP contribution in [0.2, 0.25) is 0 Å². The quantitative estimate of drug-likeness (QED) is 0.771. The monoisotopic (exact) mass is 273 g/mol. The SMILES string of the molecule is CC(C)(C)OC(=O)NC(CCF)CS(=O)(=O)F. The number of hydrogen-bond donors (Lipinski definition) is 1. The molecule has 1 amide bonds. The summed E-state index contributed by atoms with van der Waals surface area (Å²) in [6.07, 6.45) is -1.19. The van der Waals surface area contributed by atoms with E-state index in [1.165, 1.54) is 0 Å². The molecule has 0 aliphatic rings. The van der Waals surface area contributed by atoms with Crippen molar-refractivity contribution in [2.24, 2.45) is 0 Å². The molecule has 17 heavy (non-hydrogen) atoms. The van der Waals surface area contributed by atoms with Gasteiger partial charge in [-0.2, -0.15) is 8.42 Å². The zero-order chi connectivity index (χ0) is 13.7. The summed E-state index contributed by atoms with van der Waals surface area (Å²) in [6.45, 7) is 3.98. The van der Waals surface area contributed by atoms with Gasteiger partial charge in [0.25, 0.3) is 0 Å². The van der Waals surface area contributed by atoms with E-state index in [-0.39, 0.29) is 6.42 Å². The van der Waals surface area contributed by atoms with Gasteiger partial charge in [0.05, 0.1) is 12.7 Å². The molecule has 0 aromatic heterocycles. The van der Waals surface area contributed by atoms with Crippen LogP contribution in [0.3, 0.4) is 0 Å². The van der Waals surface area contributed by atoms with Crippen LogP contribution in [0.1, 0.15) is 27.2 Å². The molecular weight excluding hydrogens is 256 g/mol. The highest BCUT2D eigenvalue weighted by Gasteiger charge is 2.23. The minimum absolute atomic E-state index is 0.289. The third-order valence-electron chi connectivity index (χ3n) is 1.58. The van der Waals surface area contributed by atoms with Gasteiger partial charge in [0, 0.05) is 0 Å². The number of nitrogens with one attached hydrogen (secondary N) is 1. The van der Waals surface area contributed by atoms with Crippen molar-refractivity contribution in [1.82, 2.24) is 5.32 Å². The van der Waals surface area contributed by atoms with Crippen LogP contribution in [0.15, 0.2) is 0 Å². The van der Waals surface area contributed by atoms with Gasteiger partial charge in [-0.1, -0.05) is 0 Å². The standard InChI is InChI=1S/C9H17F2NO4S/c1-9(2,3)16-8(13)12-7(4-5-10)6-17(11,14)15/h7H,4-6H2,1-3H3,(H,12,13). The lowest BCUT2D eigenvalue weighted by Gasteiger charge is -2.22. The molecule has 1 atom stereocenters. The van der Waals surface area contributed by atoms with E-state index in [0.717, 1.165) is 0 Å². The van der Waals surface area contributed by atoms with E-state index >= 15 is 0 Å². The second kappa shape index (κ2) is 6.13. The minimum Gasteiger partial charge on any atom is -0.444 e. The summed E-state index contributed by atoms with van der Waals surface area (Å²) in [7, 11) is -4.77. The van der Waals surface area contributed by atoms with E-state index in [9.17, 15) is 21.5 Å². The lowest BCUT2D eigenvalue weighted by atomic mass is 10.2. The molecule has 0 fully saturated rings. The average Bonchev–Trinajstić information content (AvgIpc) is 1.95. The summed E-state index contributed by atoms with van der Waals surface area (Å²) in [5, 5.41) is 2.11. The van der Waals surface area contributed by atoms with Crippen molar-refractivity contribution in [3.63, 3.8) is 0 Å². The number of halogens is 2. The second-order valence-electron chi connectivity index (χ2n) is 4.53. The number of alkyl carbamates (subject to hydrolysis) is 1. The van der Waals surface area contributed by atoms with E-state index in [2.05, 4.69) is 5.32 Å². The van der Waals surface area contributed by atoms with Gasteiger partial charge in [-0.15, -0.1) is 3.89 Å². The molecule has 0 saturated carbocycles. The van der Waals surface area contributed by atoms with Crippen LogP contribution >= 0.6 is 0 Å². The third-order valence-corrected chi connectivity index (χ3v) is 2.38. The molecule has 0 rings (SSSR count). The first kappa shape index (κ1) is 16.1. The van der Waals surface area contributed by atoms with E-state index in [1.54, 1.807) is 20.8 Å². The number of carbonyl (C=O) groups is 1. The van der Waals surface area contributed by atoms with Crippen molar-refractivity contribution >= 4 is 16.3 Å². The highest BCUT2D eigenvalue weighted by molar-refractivity contribution is 7.86. The summed E-state index contributed by atoms with van der Waals surface area (Å²) in [6, 6.07) is -1.13. The van der Waals surface area contributed by atoms with Crippen molar-refractivity contribution in [3.8, 4) is 0 Å². The van der Waals surface area contributed by atoms with Crippen molar-refractivity contribution in [2.45, 2.75) is 38.8 Å². The molecule has 0 saturated heterocycles. The maximum atomic E-state index is 12.4. The molecule has 102 valence electrons. The van der Waals surface area contributed by atoms with Crippen LogP contribution in [0, 0.1) is 0 Å². The lowest BCUT2D eigenvalue weighted by Crippen LogP contribution is -2.42. The summed E-state index contributed by atoms with van der Waals surface area (Å²) in [4.78, 5) is 11.3. The summed E-state index contributed by atoms with van der Waals surface area (Å²) < 4.78 is 50.1. The number of alkyl halides is 1. The fraction of sp³-hybridized carbons (Fsp3) is 0.889. The Morgan fingerprint density at radius 3 is 2.29 bits per heavy atom. The van der Waals surface area contributed by atoms with Crippen molar-refractivity contribution in [1.29, 1.82) is 0 Å². The normalized spacial score (nSPS) is 14.2. The maximum Gasteiger partial charge on any atom is 0.407 e. The van der Waals surface area contributed by atoms with Gasteiger partial charge in [0.15, 0.2) is 0 Å². The summed E-state index contributed by atoms with van der Waals surface area (Å²) in [5.41, 5.74) is -0.765. The van der Waals surface area contributed by atoms with Crippen LogP contribution in [-0.2, 0) is 15.0 Å². The van der Waals surface area contributed by atoms with Gasteiger partial charge < -0.3 is 10.1 Å². The Morgan fingerprint density at radius 1 is 1.41 bits per heavy atom. The molecule has 0 aromatic carbocycles. The number of carbonyl (C=O) groups excluding carboxylic acids is 1. The number of amides is 1. The zero-order valence-electron chi connectivity index (χ0n) is 10.00. The Hall–Kier alpha value is -0.920. The van der Waals surface area contributed by atoms with Gasteiger partial charge in [-0.25, -0.2) is 4.79 Å². The fourth-order valence-electron chi connectivity index (χ4n) is 1.04. The zero-order valence-corrected chi connectivity index (χ0v) is 10.8. The Morgan fingerprint density at radius 2 is 1.94 bits per heavy atom. The maximum absolute atomic E-state index is 12.4. The van der Waals surface area contributed by atoms with Gasteiger partial charge in [-0.05, 0) is 27.2 Å². The van der Waals surface area contributed by atoms with Gasteiger partial charge in [0.2, 0.25) is 0 Å². The smallest absolute Gasteiger partial charge is 0.407 e. The molecule has 0 aliphatic heterocycles. The van der Waals surface area contributed by atoms with Crippen molar-refractivity contribution < 1.29 is 26.2 Å². The predicted molar refractivity (Wildman–Crippen MR) is 58.6 cm³/mol. The predicted octanol–water partition coefficient (Wildman–Crippen LogP) is 1.54. The van der Waals surface area contributed by atoms with E-state index < -0.39 is 40.4 Å². The molecule has 0 radical (unpaired) electrons. The third kappa shape index (κ3) is 9.98. The largest absolute Gasteiger partial charge is 0.444 e. The van der Waals surface area contributed by atoms with E-state index in [0.29, 0.717) is 0 Å². The first-order chi connectivity index (χ1) is 7.53. The summed E-state index contributed by atoms with van der Waals surface area (Å²) >= 11 is 0. The van der Waals surface area contributed by atoms with Gasteiger partial charge in [-0.3, -0.25) is 4.39 Å². The van der Waals surface area contributed by atoms with E-state index in [4.69, 9.17) is 4.74 Å². The lowest BCUT2D eigenvalue weighted by molar-refractivity contribution is 0.0506. The molecule has 8 heteroatoms. The van der Waals surface area contributed by atoms with Crippen LogP contribution in [0.5, 0.6) is 0 Å². The van der Waals surface area contributed by atoms with Crippen LogP contribution in [-0.4, -0.2) is 38.6 Å². The molecule has 0 spiro atoms. The van der Waals surface area contributed by atoms with Crippen molar-refractivity contribution in [3.05, 3.63) is 0 Å². The number of rotatable bonds is 5. The molecule has 0 aliphatic carbocycles. The Labute approximate surface area is 99.7 Å². The number of ether oxygens (including phenoxy) is 1. The summed E-state index contributed by atoms with van der Waals surface area (Å²) in [5.74, 6) is -0.962. The van der Waals surface area contributed by atoms with Crippen LogP contribution in [0.25, 0.3) is 0 Å². The molecule has 0 heterocycles. The fourth-order valence-corrected chi connectivity index (χ4v) is 1.77. The number of hydrogen-bond acceptors (Lipinski definition) is 4. The Bertz CT molecular complexity index is 350. The highest BCUT2D eigenvalue weighted by Crippen LogP contribution is 2.08. The van der Waals surface area contributed by atoms with Gasteiger partial charge >= 0.3 is 16.3 Å². The van der Waals surface area contributed by atoms with Crippen LogP contribution < -0.4 is 5.32 Å². The van der Waals surface area contributed by atoms with Crippen molar-refractivity contribution in [2.75, 3.05) is 12.4 Å². The molecule has 1 N–H and O–H groups in total. The molecule has 0 bridgehead atoms. The topological polar surface area (TPSA) is 72.5 Å². The second-order valence-corrected chi connectivity index (χ2v) is 5.94. The molecular formula is C9H17F2NO4S. The van der Waals surface area contributed by atoms with Crippen LogP contribution in [0.4, 0.5) is 13.1 Å². The Kier molecular flexibility index (Phi) is 5.80. The molecule has 0 aromatic rings. The van der Waals surface area contributed by atoms with Gasteiger partial charge in [0.1, 0.15) is 11.4 Å². The first-order valence-electron chi connectivity index (χ1n) is 5.01. The highest BCUT2D eigenvalue weighted by atomic mass is 32.3. The average molecular weight is 273 g/mol. The Balaban J connectivity index is 4.40.